The third-order valence-electron chi connectivity index (χ3n) is 3.62. The van der Waals surface area contributed by atoms with Gasteiger partial charge in [-0.05, 0) is 51.9 Å². The molecule has 0 spiro atoms. The van der Waals surface area contributed by atoms with Crippen LogP contribution in [0, 0.1) is 17.8 Å². The summed E-state index contributed by atoms with van der Waals surface area (Å²) in [6.45, 7) is 8.04. The fraction of sp³-hybridized carbons (Fsp3) is 0.857. The summed E-state index contributed by atoms with van der Waals surface area (Å²) in [7, 11) is 0. The number of carboxylic acid groups (broad SMARTS) is 1. The number of aliphatic carboxylic acids is 1. The molecule has 1 saturated carbocycles. The van der Waals surface area contributed by atoms with E-state index < -0.39 is 17.7 Å². The van der Waals surface area contributed by atoms with E-state index in [9.17, 15) is 9.59 Å². The van der Waals surface area contributed by atoms with Crippen molar-refractivity contribution in [3.05, 3.63) is 0 Å². The third kappa shape index (κ3) is 5.49. The van der Waals surface area contributed by atoms with Gasteiger partial charge in [-0.1, -0.05) is 6.92 Å². The average Bonchev–Trinajstić information content (AvgIpc) is 2.25. The van der Waals surface area contributed by atoms with E-state index in [0.29, 0.717) is 18.9 Å². The van der Waals surface area contributed by atoms with E-state index in [0.717, 1.165) is 12.8 Å². The molecule has 5 heteroatoms. The summed E-state index contributed by atoms with van der Waals surface area (Å²) in [5.74, 6) is -0.358. The molecular weight excluding hydrogens is 246 g/mol. The first-order chi connectivity index (χ1) is 8.69. The molecule has 1 aliphatic carbocycles. The standard InChI is InChI=1S/C14H25NO4/c1-9-5-6-10(12(16)17)7-11(9)8-15-13(18)19-14(2,3)4/h9-11H,5-8H2,1-4H3,(H,15,18)(H,16,17)/t9-,10?,11?/m0/s1. The molecule has 110 valence electrons. The maximum atomic E-state index is 11.6. The lowest BCUT2D eigenvalue weighted by atomic mass is 9.75. The monoisotopic (exact) mass is 271 g/mol. The van der Waals surface area contributed by atoms with E-state index in [-0.39, 0.29) is 11.8 Å². The van der Waals surface area contributed by atoms with Crippen LogP contribution in [0.3, 0.4) is 0 Å². The number of alkyl carbamates (subject to hydrolysis) is 1. The summed E-state index contributed by atoms with van der Waals surface area (Å²) in [6, 6.07) is 0. The zero-order chi connectivity index (χ0) is 14.6. The molecule has 2 unspecified atom stereocenters. The summed E-state index contributed by atoms with van der Waals surface area (Å²) < 4.78 is 5.17. The number of carbonyl (C=O) groups is 2. The Morgan fingerprint density at radius 2 is 1.95 bits per heavy atom. The van der Waals surface area contributed by atoms with Crippen molar-refractivity contribution in [3.63, 3.8) is 0 Å². The van der Waals surface area contributed by atoms with E-state index in [1.807, 2.05) is 20.8 Å². The molecule has 0 radical (unpaired) electrons. The highest BCUT2D eigenvalue weighted by molar-refractivity contribution is 5.70. The minimum absolute atomic E-state index is 0.211. The van der Waals surface area contributed by atoms with E-state index in [4.69, 9.17) is 9.84 Å². The molecule has 1 amide bonds. The van der Waals surface area contributed by atoms with Gasteiger partial charge in [0.25, 0.3) is 0 Å². The van der Waals surface area contributed by atoms with Crippen molar-refractivity contribution < 1.29 is 19.4 Å². The quantitative estimate of drug-likeness (QED) is 0.827. The number of hydrogen-bond acceptors (Lipinski definition) is 3. The van der Waals surface area contributed by atoms with Gasteiger partial charge in [0, 0.05) is 6.54 Å². The molecule has 1 fully saturated rings. The van der Waals surface area contributed by atoms with E-state index in [1.54, 1.807) is 0 Å². The van der Waals surface area contributed by atoms with Crippen molar-refractivity contribution >= 4 is 12.1 Å². The molecule has 0 aliphatic heterocycles. The molecular formula is C14H25NO4. The highest BCUT2D eigenvalue weighted by Gasteiger charge is 2.31. The van der Waals surface area contributed by atoms with Crippen molar-refractivity contribution in [3.8, 4) is 0 Å². The number of ether oxygens (including phenoxy) is 1. The van der Waals surface area contributed by atoms with Gasteiger partial charge < -0.3 is 15.2 Å². The normalized spacial score (nSPS) is 27.7. The minimum atomic E-state index is -0.728. The molecule has 0 heterocycles. The Morgan fingerprint density at radius 3 is 2.47 bits per heavy atom. The van der Waals surface area contributed by atoms with Crippen LogP contribution in [0.4, 0.5) is 4.79 Å². The average molecular weight is 271 g/mol. The van der Waals surface area contributed by atoms with Crippen LogP contribution in [0.25, 0.3) is 0 Å². The van der Waals surface area contributed by atoms with Gasteiger partial charge in [0.05, 0.1) is 5.92 Å². The first kappa shape index (κ1) is 15.8. The second kappa shape index (κ2) is 6.26. The second-order valence-corrected chi connectivity index (χ2v) is 6.47. The summed E-state index contributed by atoms with van der Waals surface area (Å²) >= 11 is 0. The van der Waals surface area contributed by atoms with Crippen molar-refractivity contribution in [2.45, 2.75) is 52.6 Å². The van der Waals surface area contributed by atoms with Gasteiger partial charge in [0.1, 0.15) is 5.60 Å². The third-order valence-corrected chi connectivity index (χ3v) is 3.62. The molecule has 0 saturated heterocycles. The summed E-state index contributed by atoms with van der Waals surface area (Å²) in [4.78, 5) is 22.6. The number of amides is 1. The molecule has 0 aromatic carbocycles. The molecule has 0 aromatic heterocycles. The fourth-order valence-corrected chi connectivity index (χ4v) is 2.45. The van der Waals surface area contributed by atoms with Gasteiger partial charge in [-0.15, -0.1) is 0 Å². The van der Waals surface area contributed by atoms with Crippen LogP contribution in [0.15, 0.2) is 0 Å². The van der Waals surface area contributed by atoms with Crippen LogP contribution in [0.1, 0.15) is 47.0 Å². The number of hydrogen-bond donors (Lipinski definition) is 2. The molecule has 2 N–H and O–H groups in total. The van der Waals surface area contributed by atoms with Crippen molar-refractivity contribution in [1.82, 2.24) is 5.32 Å². The maximum Gasteiger partial charge on any atom is 0.407 e. The molecule has 0 bridgehead atoms. The topological polar surface area (TPSA) is 75.6 Å². The van der Waals surface area contributed by atoms with E-state index in [2.05, 4.69) is 12.2 Å². The van der Waals surface area contributed by atoms with Crippen LogP contribution < -0.4 is 5.32 Å². The van der Waals surface area contributed by atoms with Gasteiger partial charge in [-0.25, -0.2) is 4.79 Å². The lowest BCUT2D eigenvalue weighted by Gasteiger charge is -2.32. The number of rotatable bonds is 3. The van der Waals surface area contributed by atoms with Crippen LogP contribution >= 0.6 is 0 Å². The number of carbonyl (C=O) groups excluding carboxylic acids is 1. The molecule has 0 aromatic rings. The molecule has 1 aliphatic rings. The van der Waals surface area contributed by atoms with Crippen molar-refractivity contribution in [1.29, 1.82) is 0 Å². The van der Waals surface area contributed by atoms with Gasteiger partial charge >= 0.3 is 12.1 Å². The Balaban J connectivity index is 2.42. The summed E-state index contributed by atoms with van der Waals surface area (Å²) in [5.41, 5.74) is -0.508. The predicted molar refractivity (Wildman–Crippen MR) is 71.9 cm³/mol. The first-order valence-corrected chi connectivity index (χ1v) is 6.88. The zero-order valence-electron chi connectivity index (χ0n) is 12.2. The zero-order valence-corrected chi connectivity index (χ0v) is 12.2. The van der Waals surface area contributed by atoms with E-state index >= 15 is 0 Å². The van der Waals surface area contributed by atoms with Crippen molar-refractivity contribution in [2.24, 2.45) is 17.8 Å². The van der Waals surface area contributed by atoms with Crippen molar-refractivity contribution in [2.75, 3.05) is 6.54 Å². The van der Waals surface area contributed by atoms with Gasteiger partial charge in [0.15, 0.2) is 0 Å². The highest BCUT2D eigenvalue weighted by atomic mass is 16.6. The second-order valence-electron chi connectivity index (χ2n) is 6.47. The summed E-state index contributed by atoms with van der Waals surface area (Å²) in [5, 5.41) is 11.8. The Labute approximate surface area is 114 Å². The highest BCUT2D eigenvalue weighted by Crippen LogP contribution is 2.33. The molecule has 5 nitrogen and oxygen atoms in total. The predicted octanol–water partition coefficient (Wildman–Crippen LogP) is 2.65. The molecule has 1 rings (SSSR count). The van der Waals surface area contributed by atoms with Crippen LogP contribution in [-0.2, 0) is 9.53 Å². The lowest BCUT2D eigenvalue weighted by Crippen LogP contribution is -2.39. The van der Waals surface area contributed by atoms with Crippen LogP contribution in [0.2, 0.25) is 0 Å². The Kier molecular flexibility index (Phi) is 5.20. The van der Waals surface area contributed by atoms with Gasteiger partial charge in [-0.2, -0.15) is 0 Å². The smallest absolute Gasteiger partial charge is 0.407 e. The van der Waals surface area contributed by atoms with E-state index in [1.165, 1.54) is 0 Å². The first-order valence-electron chi connectivity index (χ1n) is 6.88. The van der Waals surface area contributed by atoms with Gasteiger partial charge in [0.2, 0.25) is 0 Å². The maximum absolute atomic E-state index is 11.6. The SMILES string of the molecule is C[C@H]1CCC(C(=O)O)CC1CNC(=O)OC(C)(C)C. The largest absolute Gasteiger partial charge is 0.481 e. The summed E-state index contributed by atoms with van der Waals surface area (Å²) in [6.07, 6.45) is 1.83. The Morgan fingerprint density at radius 1 is 1.32 bits per heavy atom. The Bertz CT molecular complexity index is 335. The number of nitrogens with one attached hydrogen (secondary N) is 1. The number of carboxylic acids is 1. The molecule has 19 heavy (non-hydrogen) atoms. The fourth-order valence-electron chi connectivity index (χ4n) is 2.45. The van der Waals surface area contributed by atoms with Crippen LogP contribution in [-0.4, -0.2) is 29.3 Å². The van der Waals surface area contributed by atoms with Gasteiger partial charge in [-0.3, -0.25) is 4.79 Å². The molecule has 3 atom stereocenters. The minimum Gasteiger partial charge on any atom is -0.481 e. The Hall–Kier alpha value is -1.26. The van der Waals surface area contributed by atoms with Crippen LogP contribution in [0.5, 0.6) is 0 Å². The lowest BCUT2D eigenvalue weighted by molar-refractivity contribution is -0.143.